The Morgan fingerprint density at radius 2 is 1.77 bits per heavy atom. The molecule has 3 aromatic heterocycles. The molecule has 0 amide bonds. The van der Waals surface area contributed by atoms with Crippen molar-refractivity contribution in [3.63, 3.8) is 0 Å². The first-order valence-corrected chi connectivity index (χ1v) is 12.9. The van der Waals surface area contributed by atoms with E-state index < -0.39 is 12.3 Å². The van der Waals surface area contributed by atoms with E-state index in [1.807, 2.05) is 20.0 Å². The van der Waals surface area contributed by atoms with Gasteiger partial charge in [0.05, 0.1) is 35.4 Å². The topological polar surface area (TPSA) is 78.6 Å². The van der Waals surface area contributed by atoms with E-state index in [0.717, 1.165) is 41.3 Å². The number of aromatic nitrogens is 6. The molecule has 35 heavy (non-hydrogen) atoms. The Hall–Kier alpha value is -2.55. The summed E-state index contributed by atoms with van der Waals surface area (Å²) in [5.41, 5.74) is 3.21. The van der Waals surface area contributed by atoms with Crippen LogP contribution in [-0.4, -0.2) is 48.7 Å². The van der Waals surface area contributed by atoms with Gasteiger partial charge in [0.2, 0.25) is 0 Å². The second-order valence-electron chi connectivity index (χ2n) is 10.7. The molecule has 0 unspecified atom stereocenters. The SMILES string of the molecule is Cc1nc2nc([C@@H]3CCO[C@@H](c4cnn(C5CC5)c4)C3)nc(C3CCC(F)(CF)CC3)c2nc1C. The minimum atomic E-state index is -1.71. The van der Waals surface area contributed by atoms with Crippen molar-refractivity contribution in [1.29, 1.82) is 0 Å². The molecule has 9 heteroatoms. The van der Waals surface area contributed by atoms with Crippen molar-refractivity contribution in [2.45, 2.75) is 94.9 Å². The quantitative estimate of drug-likeness (QED) is 0.475. The lowest BCUT2D eigenvalue weighted by Gasteiger charge is -2.32. The summed E-state index contributed by atoms with van der Waals surface area (Å²) in [7, 11) is 0. The summed E-state index contributed by atoms with van der Waals surface area (Å²) in [5.74, 6) is 0.910. The maximum Gasteiger partial charge on any atom is 0.182 e. The number of hydrogen-bond acceptors (Lipinski definition) is 6. The van der Waals surface area contributed by atoms with Gasteiger partial charge in [-0.1, -0.05) is 0 Å². The fourth-order valence-electron chi connectivity index (χ4n) is 5.48. The van der Waals surface area contributed by atoms with Crippen molar-refractivity contribution in [3.05, 3.63) is 40.9 Å². The van der Waals surface area contributed by atoms with Gasteiger partial charge in [-0.05, 0) is 65.2 Å². The van der Waals surface area contributed by atoms with Crippen LogP contribution in [0.25, 0.3) is 11.2 Å². The van der Waals surface area contributed by atoms with Crippen molar-refractivity contribution in [1.82, 2.24) is 29.7 Å². The lowest BCUT2D eigenvalue weighted by atomic mass is 9.79. The Balaban J connectivity index is 1.32. The molecule has 186 valence electrons. The molecule has 3 aliphatic rings. The molecule has 0 N–H and O–H groups in total. The van der Waals surface area contributed by atoms with Gasteiger partial charge in [-0.2, -0.15) is 5.10 Å². The van der Waals surface area contributed by atoms with Crippen molar-refractivity contribution < 1.29 is 13.5 Å². The lowest BCUT2D eigenvalue weighted by Crippen LogP contribution is -2.31. The minimum Gasteiger partial charge on any atom is -0.373 e. The van der Waals surface area contributed by atoms with Crippen molar-refractivity contribution in [2.24, 2.45) is 0 Å². The van der Waals surface area contributed by atoms with Gasteiger partial charge in [0.25, 0.3) is 0 Å². The second kappa shape index (κ2) is 8.84. The fourth-order valence-corrected chi connectivity index (χ4v) is 5.48. The molecule has 3 fully saturated rings. The third kappa shape index (κ3) is 4.43. The smallest absolute Gasteiger partial charge is 0.182 e. The molecule has 0 bridgehead atoms. The zero-order chi connectivity index (χ0) is 24.2. The normalized spacial score (nSPS) is 29.5. The number of halogens is 2. The van der Waals surface area contributed by atoms with E-state index in [0.29, 0.717) is 36.7 Å². The molecule has 0 aromatic carbocycles. The fraction of sp³-hybridized carbons (Fsp3) is 0.654. The first-order valence-electron chi connectivity index (χ1n) is 12.9. The van der Waals surface area contributed by atoms with E-state index in [1.165, 1.54) is 12.8 Å². The zero-order valence-corrected chi connectivity index (χ0v) is 20.4. The summed E-state index contributed by atoms with van der Waals surface area (Å²) in [6.07, 6.45) is 9.51. The molecule has 7 nitrogen and oxygen atoms in total. The van der Waals surface area contributed by atoms with Crippen LogP contribution in [0.3, 0.4) is 0 Å². The van der Waals surface area contributed by atoms with E-state index in [-0.39, 0.29) is 30.8 Å². The van der Waals surface area contributed by atoms with Crippen LogP contribution in [0.5, 0.6) is 0 Å². The van der Waals surface area contributed by atoms with E-state index in [1.54, 1.807) is 0 Å². The average Bonchev–Trinajstić information content (AvgIpc) is 3.61. The Labute approximate surface area is 203 Å². The molecule has 6 rings (SSSR count). The number of fused-ring (bicyclic) bond motifs is 1. The van der Waals surface area contributed by atoms with Gasteiger partial charge >= 0.3 is 0 Å². The van der Waals surface area contributed by atoms with Crippen molar-refractivity contribution >= 4 is 11.2 Å². The Morgan fingerprint density at radius 3 is 2.51 bits per heavy atom. The summed E-state index contributed by atoms with van der Waals surface area (Å²) in [4.78, 5) is 19.5. The van der Waals surface area contributed by atoms with Gasteiger partial charge in [0.1, 0.15) is 23.7 Å². The number of nitrogens with zero attached hydrogens (tertiary/aromatic N) is 6. The van der Waals surface area contributed by atoms with Crippen LogP contribution in [0.4, 0.5) is 8.78 Å². The maximum absolute atomic E-state index is 14.6. The number of aryl methyl sites for hydroxylation is 2. The van der Waals surface area contributed by atoms with E-state index in [4.69, 9.17) is 24.7 Å². The Bertz CT molecular complexity index is 1230. The summed E-state index contributed by atoms with van der Waals surface area (Å²) in [6.45, 7) is 3.57. The van der Waals surface area contributed by atoms with Gasteiger partial charge in [-0.25, -0.2) is 28.7 Å². The zero-order valence-electron chi connectivity index (χ0n) is 20.4. The Morgan fingerprint density at radius 1 is 1.00 bits per heavy atom. The first kappa shape index (κ1) is 22.9. The first-order chi connectivity index (χ1) is 16.9. The number of rotatable bonds is 5. The summed E-state index contributed by atoms with van der Waals surface area (Å²) < 4.78 is 36.0. The van der Waals surface area contributed by atoms with E-state index in [9.17, 15) is 8.78 Å². The molecule has 0 radical (unpaired) electrons. The lowest BCUT2D eigenvalue weighted by molar-refractivity contribution is 0.00388. The van der Waals surface area contributed by atoms with Crippen LogP contribution < -0.4 is 0 Å². The highest BCUT2D eigenvalue weighted by molar-refractivity contribution is 5.73. The van der Waals surface area contributed by atoms with Crippen LogP contribution in [0.1, 0.15) is 104 Å². The molecular weight excluding hydrogens is 450 g/mol. The van der Waals surface area contributed by atoms with Crippen molar-refractivity contribution in [2.75, 3.05) is 13.3 Å². The molecular formula is C26H32F2N6O. The molecule has 0 spiro atoms. The average molecular weight is 483 g/mol. The van der Waals surface area contributed by atoms with Crippen LogP contribution in [0.15, 0.2) is 12.4 Å². The van der Waals surface area contributed by atoms with Crippen LogP contribution in [0.2, 0.25) is 0 Å². The maximum atomic E-state index is 14.6. The minimum absolute atomic E-state index is 0.0264. The molecule has 1 saturated heterocycles. The number of hydrogen-bond donors (Lipinski definition) is 0. The predicted octanol–water partition coefficient (Wildman–Crippen LogP) is 5.54. The van der Waals surface area contributed by atoms with Gasteiger partial charge in [0.15, 0.2) is 5.65 Å². The monoisotopic (exact) mass is 482 g/mol. The van der Waals surface area contributed by atoms with Gasteiger partial charge in [-0.3, -0.25) is 4.68 Å². The second-order valence-corrected chi connectivity index (χ2v) is 10.7. The molecule has 4 heterocycles. The van der Waals surface area contributed by atoms with E-state index in [2.05, 4.69) is 16.0 Å². The summed E-state index contributed by atoms with van der Waals surface area (Å²) >= 11 is 0. The molecule has 3 aromatic rings. The van der Waals surface area contributed by atoms with Crippen LogP contribution in [-0.2, 0) is 4.74 Å². The predicted molar refractivity (Wildman–Crippen MR) is 127 cm³/mol. The van der Waals surface area contributed by atoms with Gasteiger partial charge in [0, 0.05) is 30.2 Å². The highest BCUT2D eigenvalue weighted by Gasteiger charge is 2.38. The van der Waals surface area contributed by atoms with Gasteiger partial charge in [-0.15, -0.1) is 0 Å². The van der Waals surface area contributed by atoms with Crippen molar-refractivity contribution in [3.8, 4) is 0 Å². The molecule has 2 saturated carbocycles. The standard InChI is InChI=1S/C26H32F2N6O/c1-15-16(2)31-25-23(30-15)22(17-5-8-26(28,14-27)9-6-17)32-24(33-25)18-7-10-35-21(11-18)19-12-29-34(13-19)20-3-4-20/h12-13,17-18,20-21H,3-11,14H2,1-2H3/t17?,18-,21-,26?/m1/s1. The largest absolute Gasteiger partial charge is 0.373 e. The summed E-state index contributed by atoms with van der Waals surface area (Å²) in [5, 5.41) is 4.53. The van der Waals surface area contributed by atoms with E-state index >= 15 is 0 Å². The highest BCUT2D eigenvalue weighted by Crippen LogP contribution is 2.43. The molecule has 2 aliphatic carbocycles. The third-order valence-corrected chi connectivity index (χ3v) is 8.06. The molecule has 1 aliphatic heterocycles. The Kier molecular flexibility index (Phi) is 5.78. The number of alkyl halides is 2. The highest BCUT2D eigenvalue weighted by atomic mass is 19.2. The number of ether oxygens (including phenoxy) is 1. The third-order valence-electron chi connectivity index (χ3n) is 8.06. The molecule has 2 atom stereocenters. The summed E-state index contributed by atoms with van der Waals surface area (Å²) in [6, 6.07) is 0.538. The van der Waals surface area contributed by atoms with Crippen LogP contribution >= 0.6 is 0 Å². The van der Waals surface area contributed by atoms with Crippen LogP contribution in [0, 0.1) is 13.8 Å². The van der Waals surface area contributed by atoms with Gasteiger partial charge < -0.3 is 4.74 Å².